The minimum Gasteiger partial charge on any atom is -0.489 e. The van der Waals surface area contributed by atoms with Crippen molar-refractivity contribution in [1.29, 1.82) is 0 Å². The number of amides is 1. The Labute approximate surface area is 191 Å². The molecular formula is C25H24FN3O4. The lowest BCUT2D eigenvalue weighted by molar-refractivity contribution is -0.134. The van der Waals surface area contributed by atoms with Gasteiger partial charge in [-0.05, 0) is 35.9 Å². The van der Waals surface area contributed by atoms with E-state index >= 15 is 0 Å². The number of anilines is 1. The summed E-state index contributed by atoms with van der Waals surface area (Å²) in [4.78, 5) is 31.6. The van der Waals surface area contributed by atoms with Crippen LogP contribution < -0.4 is 9.64 Å². The number of esters is 1. The highest BCUT2D eigenvalue weighted by Crippen LogP contribution is 2.21. The molecule has 2 heterocycles. The van der Waals surface area contributed by atoms with Gasteiger partial charge in [-0.25, -0.2) is 9.78 Å². The molecule has 7 nitrogen and oxygen atoms in total. The van der Waals surface area contributed by atoms with E-state index in [4.69, 9.17) is 9.47 Å². The van der Waals surface area contributed by atoms with E-state index in [0.717, 1.165) is 23.1 Å². The van der Waals surface area contributed by atoms with E-state index < -0.39 is 11.9 Å². The van der Waals surface area contributed by atoms with Crippen LogP contribution in [0.15, 0.2) is 72.9 Å². The summed E-state index contributed by atoms with van der Waals surface area (Å²) in [6.45, 7) is 2.51. The summed E-state index contributed by atoms with van der Waals surface area (Å²) in [6, 6.07) is 20.2. The smallest absolute Gasteiger partial charge is 0.338 e. The van der Waals surface area contributed by atoms with Crippen LogP contribution in [-0.2, 0) is 16.1 Å². The Morgan fingerprint density at radius 3 is 2.36 bits per heavy atom. The molecule has 0 spiro atoms. The molecule has 2 aromatic carbocycles. The predicted molar refractivity (Wildman–Crippen MR) is 120 cm³/mol. The Kier molecular flexibility index (Phi) is 7.14. The average molecular weight is 449 g/mol. The van der Waals surface area contributed by atoms with Gasteiger partial charge >= 0.3 is 5.97 Å². The summed E-state index contributed by atoms with van der Waals surface area (Å²) in [6.07, 6.45) is 1.18. The third-order valence-corrected chi connectivity index (χ3v) is 5.37. The lowest BCUT2D eigenvalue weighted by Crippen LogP contribution is -2.49. The summed E-state index contributed by atoms with van der Waals surface area (Å²) < 4.78 is 24.0. The molecule has 8 heteroatoms. The first-order valence-corrected chi connectivity index (χ1v) is 10.7. The first-order valence-electron chi connectivity index (χ1n) is 10.7. The molecule has 1 aliphatic heterocycles. The summed E-state index contributed by atoms with van der Waals surface area (Å²) >= 11 is 0. The zero-order valence-electron chi connectivity index (χ0n) is 18.0. The first kappa shape index (κ1) is 22.3. The lowest BCUT2D eigenvalue weighted by atomic mass is 10.2. The number of hydrogen-bond acceptors (Lipinski definition) is 6. The highest BCUT2D eigenvalue weighted by atomic mass is 19.1. The molecule has 1 aliphatic rings. The van der Waals surface area contributed by atoms with Crippen molar-refractivity contribution in [3.05, 3.63) is 90.0 Å². The SMILES string of the molecule is O=C(OCC(=O)N1CCN(c2ccc(OCc3ccccc3)cc2)CC1)c1ccnc(F)c1. The monoisotopic (exact) mass is 449 g/mol. The van der Waals surface area contributed by atoms with E-state index in [9.17, 15) is 14.0 Å². The summed E-state index contributed by atoms with van der Waals surface area (Å²) in [5.74, 6) is -1.00. The predicted octanol–water partition coefficient (Wildman–Crippen LogP) is 3.31. The molecule has 0 saturated carbocycles. The molecule has 1 fully saturated rings. The highest BCUT2D eigenvalue weighted by molar-refractivity contribution is 5.91. The Bertz CT molecular complexity index is 1080. The number of benzene rings is 2. The van der Waals surface area contributed by atoms with Gasteiger partial charge in [0.15, 0.2) is 6.61 Å². The molecule has 170 valence electrons. The van der Waals surface area contributed by atoms with Crippen LogP contribution in [0.2, 0.25) is 0 Å². The van der Waals surface area contributed by atoms with Gasteiger partial charge in [-0.1, -0.05) is 30.3 Å². The zero-order valence-corrected chi connectivity index (χ0v) is 18.0. The van der Waals surface area contributed by atoms with Gasteiger partial charge in [0.25, 0.3) is 5.91 Å². The van der Waals surface area contributed by atoms with Gasteiger partial charge in [-0.2, -0.15) is 4.39 Å². The summed E-state index contributed by atoms with van der Waals surface area (Å²) in [5, 5.41) is 0. The van der Waals surface area contributed by atoms with Gasteiger partial charge in [-0.15, -0.1) is 0 Å². The minimum atomic E-state index is -0.775. The molecule has 1 aromatic heterocycles. The molecule has 3 aromatic rings. The summed E-state index contributed by atoms with van der Waals surface area (Å²) in [5.41, 5.74) is 2.19. The standard InChI is InChI=1S/C25H24FN3O4/c26-23-16-20(10-11-27-23)25(31)33-18-24(30)29-14-12-28(13-15-29)21-6-8-22(9-7-21)32-17-19-4-2-1-3-5-19/h1-11,16H,12-15,17-18H2. The normalized spacial score (nSPS) is 13.5. The molecule has 0 aliphatic carbocycles. The van der Waals surface area contributed by atoms with Crippen molar-refractivity contribution >= 4 is 17.6 Å². The number of pyridine rings is 1. The molecule has 0 N–H and O–H groups in total. The summed E-state index contributed by atoms with van der Waals surface area (Å²) in [7, 11) is 0. The average Bonchev–Trinajstić information content (AvgIpc) is 2.87. The van der Waals surface area contributed by atoms with Crippen LogP contribution in [0.1, 0.15) is 15.9 Å². The zero-order chi connectivity index (χ0) is 23.0. The van der Waals surface area contributed by atoms with Crippen molar-refractivity contribution < 1.29 is 23.5 Å². The molecule has 0 atom stereocenters. The number of carbonyl (C=O) groups is 2. The van der Waals surface area contributed by atoms with Crippen molar-refractivity contribution in [2.75, 3.05) is 37.7 Å². The van der Waals surface area contributed by atoms with E-state index in [2.05, 4.69) is 9.88 Å². The Morgan fingerprint density at radius 1 is 0.939 bits per heavy atom. The fourth-order valence-electron chi connectivity index (χ4n) is 3.54. The minimum absolute atomic E-state index is 0.0244. The van der Waals surface area contributed by atoms with Gasteiger partial charge in [0, 0.05) is 44.1 Å². The Balaban J connectivity index is 1.22. The van der Waals surface area contributed by atoms with Crippen LogP contribution in [0.3, 0.4) is 0 Å². The molecule has 0 radical (unpaired) electrons. The van der Waals surface area contributed by atoms with Gasteiger partial charge in [0.1, 0.15) is 12.4 Å². The lowest BCUT2D eigenvalue weighted by Gasteiger charge is -2.36. The molecule has 1 amide bonds. The van der Waals surface area contributed by atoms with Crippen molar-refractivity contribution in [1.82, 2.24) is 9.88 Å². The van der Waals surface area contributed by atoms with Crippen LogP contribution >= 0.6 is 0 Å². The number of carbonyl (C=O) groups excluding carboxylic acids is 2. The molecule has 4 rings (SSSR count). The van der Waals surface area contributed by atoms with Crippen LogP contribution in [0.25, 0.3) is 0 Å². The second kappa shape index (κ2) is 10.6. The van der Waals surface area contributed by atoms with E-state index in [0.29, 0.717) is 32.8 Å². The third kappa shape index (κ3) is 6.06. The van der Waals surface area contributed by atoms with Crippen molar-refractivity contribution in [2.45, 2.75) is 6.61 Å². The van der Waals surface area contributed by atoms with Gasteiger partial charge in [0.05, 0.1) is 5.56 Å². The number of hydrogen-bond donors (Lipinski definition) is 0. The number of halogens is 1. The van der Waals surface area contributed by atoms with Gasteiger partial charge in [0.2, 0.25) is 5.95 Å². The number of ether oxygens (including phenoxy) is 2. The number of piperazine rings is 1. The topological polar surface area (TPSA) is 72.0 Å². The van der Waals surface area contributed by atoms with Crippen LogP contribution in [0.4, 0.5) is 10.1 Å². The fourth-order valence-corrected chi connectivity index (χ4v) is 3.54. The molecule has 0 bridgehead atoms. The number of nitrogens with zero attached hydrogens (tertiary/aromatic N) is 3. The maximum atomic E-state index is 13.1. The van der Waals surface area contributed by atoms with Crippen molar-refractivity contribution in [2.24, 2.45) is 0 Å². The molecular weight excluding hydrogens is 425 g/mol. The largest absolute Gasteiger partial charge is 0.489 e. The van der Waals surface area contributed by atoms with Gasteiger partial charge in [-0.3, -0.25) is 4.79 Å². The number of rotatable bonds is 7. The maximum Gasteiger partial charge on any atom is 0.338 e. The molecule has 1 saturated heterocycles. The van der Waals surface area contributed by atoms with Crippen LogP contribution in [-0.4, -0.2) is 54.5 Å². The third-order valence-electron chi connectivity index (χ3n) is 5.37. The maximum absolute atomic E-state index is 13.1. The molecule has 33 heavy (non-hydrogen) atoms. The Morgan fingerprint density at radius 2 is 1.67 bits per heavy atom. The van der Waals surface area contributed by atoms with Crippen LogP contribution in [0, 0.1) is 5.95 Å². The van der Waals surface area contributed by atoms with E-state index in [-0.39, 0.29) is 18.1 Å². The molecule has 0 unspecified atom stereocenters. The first-order chi connectivity index (χ1) is 16.1. The second-order valence-corrected chi connectivity index (χ2v) is 7.58. The van der Waals surface area contributed by atoms with Crippen molar-refractivity contribution in [3.8, 4) is 5.75 Å². The van der Waals surface area contributed by atoms with E-state index in [1.54, 1.807) is 4.90 Å². The second-order valence-electron chi connectivity index (χ2n) is 7.58. The van der Waals surface area contributed by atoms with Crippen LogP contribution in [0.5, 0.6) is 5.75 Å². The Hall–Kier alpha value is -3.94. The van der Waals surface area contributed by atoms with E-state index in [1.807, 2.05) is 54.6 Å². The number of aromatic nitrogens is 1. The van der Waals surface area contributed by atoms with E-state index in [1.165, 1.54) is 12.3 Å². The quantitative estimate of drug-likeness (QED) is 0.407. The highest BCUT2D eigenvalue weighted by Gasteiger charge is 2.22. The fraction of sp³-hybridized carbons (Fsp3) is 0.240. The van der Waals surface area contributed by atoms with Gasteiger partial charge < -0.3 is 19.3 Å². The van der Waals surface area contributed by atoms with Crippen molar-refractivity contribution in [3.63, 3.8) is 0 Å².